The molecule has 1 aliphatic carbocycles. The molecule has 1 saturated carbocycles. The zero-order chi connectivity index (χ0) is 14.8. The summed E-state index contributed by atoms with van der Waals surface area (Å²) in [6, 6.07) is 5.48. The first-order valence-electron chi connectivity index (χ1n) is 6.72. The zero-order valence-electron chi connectivity index (χ0n) is 11.4. The van der Waals surface area contributed by atoms with E-state index in [0.29, 0.717) is 18.4 Å². The Morgan fingerprint density at radius 3 is 2.55 bits per heavy atom. The highest BCUT2D eigenvalue weighted by Crippen LogP contribution is 2.37. The van der Waals surface area contributed by atoms with E-state index in [1.54, 1.807) is 6.07 Å². The van der Waals surface area contributed by atoms with Gasteiger partial charge in [0.05, 0.1) is 11.0 Å². The molecule has 108 valence electrons. The van der Waals surface area contributed by atoms with Crippen LogP contribution in [0.25, 0.3) is 0 Å². The normalized spacial score (nSPS) is 16.9. The number of carbonyl (C=O) groups excluding carboxylic acids is 1. The summed E-state index contributed by atoms with van der Waals surface area (Å²) in [4.78, 5) is 23.6. The Kier molecular flexibility index (Phi) is 4.48. The molecule has 0 bridgehead atoms. The molecule has 0 aliphatic heterocycles. The van der Waals surface area contributed by atoms with Gasteiger partial charge < -0.3 is 10.4 Å². The molecule has 0 saturated heterocycles. The highest BCUT2D eigenvalue weighted by atomic mass is 79.9. The van der Waals surface area contributed by atoms with Gasteiger partial charge in [0.15, 0.2) is 0 Å². The molecular formula is C15H18BrNO3. The molecule has 1 aromatic rings. The van der Waals surface area contributed by atoms with Gasteiger partial charge in [-0.25, -0.2) is 0 Å². The van der Waals surface area contributed by atoms with Gasteiger partial charge >= 0.3 is 5.97 Å². The van der Waals surface area contributed by atoms with Gasteiger partial charge in [0, 0.05) is 11.0 Å². The quantitative estimate of drug-likeness (QED) is 0.885. The van der Waals surface area contributed by atoms with Crippen LogP contribution in [0.15, 0.2) is 22.7 Å². The van der Waals surface area contributed by atoms with Crippen LogP contribution in [0.2, 0.25) is 0 Å². The molecule has 4 nitrogen and oxygen atoms in total. The number of nitrogens with one attached hydrogen (secondary N) is 1. The Hall–Kier alpha value is -1.36. The van der Waals surface area contributed by atoms with E-state index in [0.717, 1.165) is 22.9 Å². The van der Waals surface area contributed by atoms with Crippen molar-refractivity contribution in [1.29, 1.82) is 0 Å². The van der Waals surface area contributed by atoms with Crippen LogP contribution in [0.5, 0.6) is 0 Å². The number of benzene rings is 1. The minimum absolute atomic E-state index is 0.196. The maximum Gasteiger partial charge on any atom is 0.311 e. The molecule has 0 radical (unpaired) electrons. The monoisotopic (exact) mass is 339 g/mol. The van der Waals surface area contributed by atoms with Crippen LogP contribution in [0.3, 0.4) is 0 Å². The Morgan fingerprint density at radius 2 is 2.00 bits per heavy atom. The molecule has 1 amide bonds. The Bertz CT molecular complexity index is 536. The minimum atomic E-state index is -0.807. The average molecular weight is 340 g/mol. The summed E-state index contributed by atoms with van der Waals surface area (Å²) < 4.78 is 0.728. The first kappa shape index (κ1) is 15.0. The standard InChI is InChI=1S/C15H18BrNO3/c1-10-4-5-11(12(16)8-10)13(18)17-9-15(14(19)20)6-2-3-7-15/h4-5,8H,2-3,6-7,9H2,1H3,(H,17,18)(H,19,20). The lowest BCUT2D eigenvalue weighted by atomic mass is 9.86. The maximum atomic E-state index is 12.2. The van der Waals surface area contributed by atoms with E-state index >= 15 is 0 Å². The molecule has 20 heavy (non-hydrogen) atoms. The number of carboxylic acid groups (broad SMARTS) is 1. The van der Waals surface area contributed by atoms with Crippen molar-refractivity contribution in [3.63, 3.8) is 0 Å². The number of hydrogen-bond donors (Lipinski definition) is 2. The second-order valence-electron chi connectivity index (χ2n) is 5.46. The predicted molar refractivity (Wildman–Crippen MR) is 79.7 cm³/mol. The maximum absolute atomic E-state index is 12.2. The lowest BCUT2D eigenvalue weighted by Crippen LogP contribution is -2.41. The van der Waals surface area contributed by atoms with Crippen LogP contribution >= 0.6 is 15.9 Å². The summed E-state index contributed by atoms with van der Waals surface area (Å²) in [5.41, 5.74) is 0.813. The number of amides is 1. The van der Waals surface area contributed by atoms with Crippen LogP contribution < -0.4 is 5.32 Å². The van der Waals surface area contributed by atoms with Gasteiger partial charge in [-0.05, 0) is 53.4 Å². The molecular weight excluding hydrogens is 322 g/mol. The van der Waals surface area contributed by atoms with E-state index < -0.39 is 11.4 Å². The van der Waals surface area contributed by atoms with Crippen LogP contribution in [0, 0.1) is 12.3 Å². The van der Waals surface area contributed by atoms with Crippen LogP contribution in [-0.4, -0.2) is 23.5 Å². The lowest BCUT2D eigenvalue weighted by Gasteiger charge is -2.24. The van der Waals surface area contributed by atoms with E-state index in [-0.39, 0.29) is 12.5 Å². The summed E-state index contributed by atoms with van der Waals surface area (Å²) in [5.74, 6) is -1.04. The molecule has 0 spiro atoms. The highest BCUT2D eigenvalue weighted by Gasteiger charge is 2.41. The number of rotatable bonds is 4. The third kappa shape index (κ3) is 3.03. The Labute approximate surface area is 126 Å². The fourth-order valence-electron chi connectivity index (χ4n) is 2.67. The molecule has 1 fully saturated rings. The zero-order valence-corrected chi connectivity index (χ0v) is 13.0. The van der Waals surface area contributed by atoms with Crippen molar-refractivity contribution >= 4 is 27.8 Å². The van der Waals surface area contributed by atoms with E-state index in [9.17, 15) is 14.7 Å². The SMILES string of the molecule is Cc1ccc(C(=O)NCC2(C(=O)O)CCCC2)c(Br)c1. The molecule has 0 unspecified atom stereocenters. The number of aryl methyl sites for hydroxylation is 1. The van der Waals surface area contributed by atoms with Crippen molar-refractivity contribution in [2.75, 3.05) is 6.54 Å². The molecule has 2 N–H and O–H groups in total. The fraction of sp³-hybridized carbons (Fsp3) is 0.467. The van der Waals surface area contributed by atoms with Crippen molar-refractivity contribution in [2.45, 2.75) is 32.6 Å². The van der Waals surface area contributed by atoms with Crippen molar-refractivity contribution in [3.05, 3.63) is 33.8 Å². The second kappa shape index (κ2) is 5.95. The highest BCUT2D eigenvalue weighted by molar-refractivity contribution is 9.10. The van der Waals surface area contributed by atoms with Crippen molar-refractivity contribution < 1.29 is 14.7 Å². The van der Waals surface area contributed by atoms with Crippen molar-refractivity contribution in [2.24, 2.45) is 5.41 Å². The van der Waals surface area contributed by atoms with Crippen LogP contribution in [0.4, 0.5) is 0 Å². The first-order chi connectivity index (χ1) is 9.44. The van der Waals surface area contributed by atoms with Gasteiger partial charge in [-0.1, -0.05) is 18.9 Å². The smallest absolute Gasteiger partial charge is 0.311 e. The largest absolute Gasteiger partial charge is 0.481 e. The molecule has 2 rings (SSSR count). The van der Waals surface area contributed by atoms with E-state index in [4.69, 9.17) is 0 Å². The topological polar surface area (TPSA) is 66.4 Å². The molecule has 0 atom stereocenters. The second-order valence-corrected chi connectivity index (χ2v) is 6.31. The van der Waals surface area contributed by atoms with E-state index in [1.807, 2.05) is 19.1 Å². The fourth-order valence-corrected chi connectivity index (χ4v) is 3.34. The Morgan fingerprint density at radius 1 is 1.35 bits per heavy atom. The number of hydrogen-bond acceptors (Lipinski definition) is 2. The number of aliphatic carboxylic acids is 1. The third-order valence-corrected chi connectivity index (χ3v) is 4.63. The molecule has 1 aliphatic rings. The van der Waals surface area contributed by atoms with Gasteiger partial charge in [0.1, 0.15) is 0 Å². The number of halogens is 1. The molecule has 0 heterocycles. The molecule has 5 heteroatoms. The third-order valence-electron chi connectivity index (χ3n) is 3.97. The van der Waals surface area contributed by atoms with Gasteiger partial charge in [-0.15, -0.1) is 0 Å². The van der Waals surface area contributed by atoms with Gasteiger partial charge in [-0.2, -0.15) is 0 Å². The van der Waals surface area contributed by atoms with E-state index in [2.05, 4.69) is 21.2 Å². The van der Waals surface area contributed by atoms with E-state index in [1.165, 1.54) is 0 Å². The van der Waals surface area contributed by atoms with Gasteiger partial charge in [0.2, 0.25) is 0 Å². The molecule has 0 aromatic heterocycles. The average Bonchev–Trinajstić information content (AvgIpc) is 2.86. The number of carboxylic acids is 1. The summed E-state index contributed by atoms with van der Waals surface area (Å²) in [6.45, 7) is 2.14. The number of carbonyl (C=O) groups is 2. The summed E-state index contributed by atoms with van der Waals surface area (Å²) in [6.07, 6.45) is 3.10. The van der Waals surface area contributed by atoms with Crippen molar-refractivity contribution in [3.8, 4) is 0 Å². The molecule has 1 aromatic carbocycles. The summed E-state index contributed by atoms with van der Waals surface area (Å²) in [5, 5.41) is 12.2. The van der Waals surface area contributed by atoms with Crippen molar-refractivity contribution in [1.82, 2.24) is 5.32 Å². The van der Waals surface area contributed by atoms with Gasteiger partial charge in [0.25, 0.3) is 5.91 Å². The lowest BCUT2D eigenvalue weighted by molar-refractivity contribution is -0.148. The minimum Gasteiger partial charge on any atom is -0.481 e. The van der Waals surface area contributed by atoms with Gasteiger partial charge in [-0.3, -0.25) is 9.59 Å². The van der Waals surface area contributed by atoms with Crippen LogP contribution in [0.1, 0.15) is 41.6 Å². The summed E-state index contributed by atoms with van der Waals surface area (Å²) in [7, 11) is 0. The first-order valence-corrected chi connectivity index (χ1v) is 7.52. The Balaban J connectivity index is 2.06. The summed E-state index contributed by atoms with van der Waals surface area (Å²) >= 11 is 3.37. The van der Waals surface area contributed by atoms with Crippen LogP contribution in [-0.2, 0) is 4.79 Å². The predicted octanol–water partition coefficient (Wildman–Crippen LogP) is 3.13.